The first-order valence-corrected chi connectivity index (χ1v) is 6.46. The van der Waals surface area contributed by atoms with E-state index in [1.54, 1.807) is 12.1 Å². The van der Waals surface area contributed by atoms with Gasteiger partial charge in [-0.15, -0.1) is 0 Å². The summed E-state index contributed by atoms with van der Waals surface area (Å²) in [6.45, 7) is 8.56. The summed E-state index contributed by atoms with van der Waals surface area (Å²) in [6, 6.07) is 7.39. The van der Waals surface area contributed by atoms with E-state index in [4.69, 9.17) is 0 Å². The Morgan fingerprint density at radius 2 is 2.00 bits per heavy atom. The predicted molar refractivity (Wildman–Crippen MR) is 73.6 cm³/mol. The zero-order valence-corrected chi connectivity index (χ0v) is 11.5. The van der Waals surface area contributed by atoms with Gasteiger partial charge in [-0.1, -0.05) is 32.9 Å². The van der Waals surface area contributed by atoms with Crippen molar-refractivity contribution in [3.05, 3.63) is 39.9 Å². The molecule has 1 rings (SSSR count). The Kier molecular flexibility index (Phi) is 5.28. The molecule has 0 spiro atoms. The summed E-state index contributed by atoms with van der Waals surface area (Å²) >= 11 is 0. The highest BCUT2D eigenvalue weighted by molar-refractivity contribution is 5.35. The standard InChI is InChI=1S/C14H22N2O2/c1-5-14(10(2)3)15-11(4)12-7-6-8-13(9-12)16(17)18/h6-11,14-15H,5H2,1-4H3. The first kappa shape index (κ1) is 14.6. The van der Waals surface area contributed by atoms with Gasteiger partial charge < -0.3 is 5.32 Å². The Morgan fingerprint density at radius 1 is 1.33 bits per heavy atom. The number of nitro benzene ring substituents is 1. The summed E-state index contributed by atoms with van der Waals surface area (Å²) < 4.78 is 0. The Balaban J connectivity index is 2.80. The van der Waals surface area contributed by atoms with Gasteiger partial charge in [-0.25, -0.2) is 0 Å². The molecule has 2 atom stereocenters. The van der Waals surface area contributed by atoms with Crippen molar-refractivity contribution in [2.75, 3.05) is 0 Å². The van der Waals surface area contributed by atoms with Crippen LogP contribution in [0.5, 0.6) is 0 Å². The van der Waals surface area contributed by atoms with Gasteiger partial charge in [-0.2, -0.15) is 0 Å². The third kappa shape index (κ3) is 3.81. The molecule has 18 heavy (non-hydrogen) atoms. The molecular weight excluding hydrogens is 228 g/mol. The monoisotopic (exact) mass is 250 g/mol. The van der Waals surface area contributed by atoms with Crippen LogP contribution in [0.3, 0.4) is 0 Å². The van der Waals surface area contributed by atoms with Crippen LogP contribution >= 0.6 is 0 Å². The first-order chi connectivity index (χ1) is 8.45. The Hall–Kier alpha value is -1.42. The van der Waals surface area contributed by atoms with Crippen LogP contribution in [-0.2, 0) is 0 Å². The van der Waals surface area contributed by atoms with Gasteiger partial charge in [-0.05, 0) is 24.8 Å². The van der Waals surface area contributed by atoms with Crippen LogP contribution in [0, 0.1) is 16.0 Å². The Labute approximate surface area is 109 Å². The average Bonchev–Trinajstić information content (AvgIpc) is 2.35. The van der Waals surface area contributed by atoms with E-state index < -0.39 is 0 Å². The molecule has 0 radical (unpaired) electrons. The zero-order valence-electron chi connectivity index (χ0n) is 11.5. The number of nitro groups is 1. The van der Waals surface area contributed by atoms with Gasteiger partial charge in [0.1, 0.15) is 0 Å². The molecule has 0 aliphatic rings. The van der Waals surface area contributed by atoms with Crippen molar-refractivity contribution in [3.63, 3.8) is 0 Å². The lowest BCUT2D eigenvalue weighted by molar-refractivity contribution is -0.384. The summed E-state index contributed by atoms with van der Waals surface area (Å²) in [5, 5.41) is 14.3. The maximum Gasteiger partial charge on any atom is 0.269 e. The molecule has 0 aliphatic heterocycles. The zero-order chi connectivity index (χ0) is 13.7. The number of benzene rings is 1. The van der Waals surface area contributed by atoms with Gasteiger partial charge in [0.2, 0.25) is 0 Å². The van der Waals surface area contributed by atoms with Crippen LogP contribution in [0.1, 0.15) is 45.7 Å². The molecule has 0 aromatic heterocycles. The van der Waals surface area contributed by atoms with Crippen molar-refractivity contribution < 1.29 is 4.92 Å². The second kappa shape index (κ2) is 6.50. The topological polar surface area (TPSA) is 55.2 Å². The maximum atomic E-state index is 10.7. The third-order valence-electron chi connectivity index (χ3n) is 3.29. The van der Waals surface area contributed by atoms with E-state index in [1.165, 1.54) is 6.07 Å². The smallest absolute Gasteiger partial charge is 0.269 e. The van der Waals surface area contributed by atoms with Crippen molar-refractivity contribution in [1.29, 1.82) is 0 Å². The lowest BCUT2D eigenvalue weighted by Crippen LogP contribution is -2.35. The fraction of sp³-hybridized carbons (Fsp3) is 0.571. The summed E-state index contributed by atoms with van der Waals surface area (Å²) in [5.74, 6) is 0.552. The highest BCUT2D eigenvalue weighted by Crippen LogP contribution is 2.20. The van der Waals surface area contributed by atoms with E-state index in [-0.39, 0.29) is 16.7 Å². The van der Waals surface area contributed by atoms with Gasteiger partial charge in [0, 0.05) is 24.2 Å². The molecule has 0 saturated heterocycles. The molecule has 100 valence electrons. The molecule has 0 amide bonds. The summed E-state index contributed by atoms with van der Waals surface area (Å²) in [4.78, 5) is 10.4. The van der Waals surface area contributed by atoms with Crippen molar-refractivity contribution in [2.24, 2.45) is 5.92 Å². The quantitative estimate of drug-likeness (QED) is 0.619. The van der Waals surface area contributed by atoms with E-state index in [0.29, 0.717) is 12.0 Å². The highest BCUT2D eigenvalue weighted by Gasteiger charge is 2.16. The number of hydrogen-bond donors (Lipinski definition) is 1. The summed E-state index contributed by atoms with van der Waals surface area (Å²) in [5.41, 5.74) is 1.11. The SMILES string of the molecule is CCC(NC(C)c1cccc([N+](=O)[O-])c1)C(C)C. The Bertz CT molecular complexity index is 405. The van der Waals surface area contributed by atoms with Gasteiger partial charge in [0.15, 0.2) is 0 Å². The van der Waals surface area contributed by atoms with Crippen LogP contribution in [0.15, 0.2) is 24.3 Å². The molecule has 4 heteroatoms. The number of nitrogens with zero attached hydrogens (tertiary/aromatic N) is 1. The van der Waals surface area contributed by atoms with Crippen molar-refractivity contribution in [1.82, 2.24) is 5.32 Å². The van der Waals surface area contributed by atoms with Crippen molar-refractivity contribution in [2.45, 2.75) is 46.2 Å². The molecule has 0 heterocycles. The van der Waals surface area contributed by atoms with Crippen LogP contribution < -0.4 is 5.32 Å². The lowest BCUT2D eigenvalue weighted by Gasteiger charge is -2.25. The van der Waals surface area contributed by atoms with Crippen molar-refractivity contribution in [3.8, 4) is 0 Å². The fourth-order valence-corrected chi connectivity index (χ4v) is 2.11. The minimum atomic E-state index is -0.351. The fourth-order valence-electron chi connectivity index (χ4n) is 2.11. The third-order valence-corrected chi connectivity index (χ3v) is 3.29. The van der Waals surface area contributed by atoms with Gasteiger partial charge in [0.05, 0.1) is 4.92 Å². The molecule has 1 aromatic rings. The number of rotatable bonds is 6. The second-order valence-corrected chi connectivity index (χ2v) is 5.00. The highest BCUT2D eigenvalue weighted by atomic mass is 16.6. The van der Waals surface area contributed by atoms with E-state index >= 15 is 0 Å². The summed E-state index contributed by atoms with van der Waals surface area (Å²) in [6.07, 6.45) is 1.05. The van der Waals surface area contributed by atoms with E-state index in [1.807, 2.05) is 13.0 Å². The number of hydrogen-bond acceptors (Lipinski definition) is 3. The van der Waals surface area contributed by atoms with E-state index in [9.17, 15) is 10.1 Å². The van der Waals surface area contributed by atoms with Crippen LogP contribution in [0.4, 0.5) is 5.69 Å². The normalized spacial score (nSPS) is 14.5. The number of non-ortho nitro benzene ring substituents is 1. The minimum absolute atomic E-state index is 0.122. The maximum absolute atomic E-state index is 10.7. The molecule has 4 nitrogen and oxygen atoms in total. The van der Waals surface area contributed by atoms with Crippen LogP contribution in [0.25, 0.3) is 0 Å². The van der Waals surface area contributed by atoms with Gasteiger partial charge >= 0.3 is 0 Å². The molecule has 0 fully saturated rings. The predicted octanol–water partition coefficient (Wildman–Crippen LogP) is 3.68. The molecule has 2 unspecified atom stereocenters. The lowest BCUT2D eigenvalue weighted by atomic mass is 9.99. The molecule has 0 saturated carbocycles. The molecular formula is C14H22N2O2. The average molecular weight is 250 g/mol. The largest absolute Gasteiger partial charge is 0.307 e. The van der Waals surface area contributed by atoms with Crippen LogP contribution in [0.2, 0.25) is 0 Å². The van der Waals surface area contributed by atoms with E-state index in [2.05, 4.69) is 26.1 Å². The number of nitrogens with one attached hydrogen (secondary N) is 1. The van der Waals surface area contributed by atoms with Gasteiger partial charge in [0.25, 0.3) is 5.69 Å². The molecule has 1 N–H and O–H groups in total. The second-order valence-electron chi connectivity index (χ2n) is 5.00. The van der Waals surface area contributed by atoms with E-state index in [0.717, 1.165) is 12.0 Å². The Morgan fingerprint density at radius 3 is 2.50 bits per heavy atom. The van der Waals surface area contributed by atoms with Crippen molar-refractivity contribution >= 4 is 5.69 Å². The first-order valence-electron chi connectivity index (χ1n) is 6.46. The molecule has 1 aromatic carbocycles. The molecule has 0 aliphatic carbocycles. The summed E-state index contributed by atoms with van der Waals surface area (Å²) in [7, 11) is 0. The minimum Gasteiger partial charge on any atom is -0.307 e. The van der Waals surface area contributed by atoms with Crippen LogP contribution in [-0.4, -0.2) is 11.0 Å². The van der Waals surface area contributed by atoms with Gasteiger partial charge in [-0.3, -0.25) is 10.1 Å². The molecule has 0 bridgehead atoms.